The van der Waals surface area contributed by atoms with Gasteiger partial charge in [-0.25, -0.2) is 4.68 Å². The number of aromatic nitrogens is 2. The molecule has 6 heteroatoms. The fourth-order valence-corrected chi connectivity index (χ4v) is 1.43. The molecule has 0 unspecified atom stereocenters. The summed E-state index contributed by atoms with van der Waals surface area (Å²) in [5.74, 6) is -0.565. The van der Waals surface area contributed by atoms with E-state index in [-0.39, 0.29) is 11.4 Å². The molecule has 2 aromatic rings. The fraction of sp³-hybridized carbons (Fsp3) is 0. The zero-order chi connectivity index (χ0) is 12.4. The maximum absolute atomic E-state index is 11.0. The Morgan fingerprint density at radius 1 is 1.47 bits per heavy atom. The topological polar surface area (TPSA) is 111 Å². The number of nitrogens with two attached hydrogens (primary N) is 2. The molecular weight excluding hydrogens is 218 g/mol. The minimum atomic E-state index is -0.634. The van der Waals surface area contributed by atoms with Crippen LogP contribution in [0.4, 0.5) is 5.82 Å². The van der Waals surface area contributed by atoms with Gasteiger partial charge in [-0.15, -0.1) is 5.10 Å². The minimum Gasteiger partial charge on any atom is -0.382 e. The Hall–Kier alpha value is -2.81. The molecule has 0 saturated carbocycles. The van der Waals surface area contributed by atoms with Crippen molar-refractivity contribution in [2.45, 2.75) is 0 Å². The molecule has 0 bridgehead atoms. The summed E-state index contributed by atoms with van der Waals surface area (Å²) < 4.78 is 1.41. The van der Waals surface area contributed by atoms with Gasteiger partial charge in [0.1, 0.15) is 5.56 Å². The lowest BCUT2D eigenvalue weighted by Crippen LogP contribution is -2.11. The van der Waals surface area contributed by atoms with Gasteiger partial charge in [0.2, 0.25) is 0 Å². The van der Waals surface area contributed by atoms with Gasteiger partial charge in [0.05, 0.1) is 17.3 Å². The Balaban J connectivity index is 2.50. The van der Waals surface area contributed by atoms with E-state index >= 15 is 0 Å². The van der Waals surface area contributed by atoms with Crippen LogP contribution in [0.2, 0.25) is 0 Å². The third-order valence-corrected chi connectivity index (χ3v) is 2.25. The lowest BCUT2D eigenvalue weighted by molar-refractivity contribution is 0.100. The highest BCUT2D eigenvalue weighted by molar-refractivity contribution is 5.96. The number of primary amides is 1. The highest BCUT2D eigenvalue weighted by Crippen LogP contribution is 2.14. The van der Waals surface area contributed by atoms with Crippen molar-refractivity contribution in [3.8, 4) is 11.8 Å². The van der Waals surface area contributed by atoms with Gasteiger partial charge >= 0.3 is 0 Å². The molecule has 84 valence electrons. The summed E-state index contributed by atoms with van der Waals surface area (Å²) in [7, 11) is 0. The van der Waals surface area contributed by atoms with Gasteiger partial charge in [-0.3, -0.25) is 4.79 Å². The number of nitriles is 1. The third kappa shape index (κ3) is 1.94. The lowest BCUT2D eigenvalue weighted by atomic mass is 10.2. The van der Waals surface area contributed by atoms with Crippen molar-refractivity contribution in [1.29, 1.82) is 5.26 Å². The number of hydrogen-bond acceptors (Lipinski definition) is 4. The van der Waals surface area contributed by atoms with Crippen molar-refractivity contribution >= 4 is 11.7 Å². The second-order valence-corrected chi connectivity index (χ2v) is 3.40. The summed E-state index contributed by atoms with van der Waals surface area (Å²) >= 11 is 0. The zero-order valence-electron chi connectivity index (χ0n) is 8.79. The van der Waals surface area contributed by atoms with Crippen molar-refractivity contribution in [2.75, 3.05) is 5.73 Å². The SMILES string of the molecule is N#Cc1cccc(-n2cc(C(N)=O)c(N)n2)c1. The quantitative estimate of drug-likeness (QED) is 0.774. The molecule has 0 atom stereocenters. The summed E-state index contributed by atoms with van der Waals surface area (Å²) in [5, 5.41) is 12.7. The van der Waals surface area contributed by atoms with Crippen molar-refractivity contribution < 1.29 is 4.79 Å². The molecule has 2 rings (SSSR count). The highest BCUT2D eigenvalue weighted by Gasteiger charge is 2.11. The van der Waals surface area contributed by atoms with Crippen LogP contribution >= 0.6 is 0 Å². The number of hydrogen-bond donors (Lipinski definition) is 2. The Kier molecular flexibility index (Phi) is 2.51. The second-order valence-electron chi connectivity index (χ2n) is 3.40. The number of benzene rings is 1. The Morgan fingerprint density at radius 2 is 2.24 bits per heavy atom. The standard InChI is InChI=1S/C11H9N5O/c12-5-7-2-1-3-8(4-7)16-6-9(11(14)17)10(13)15-16/h1-4,6H,(H2,13,15)(H2,14,17). The van der Waals surface area contributed by atoms with Crippen LogP contribution in [0.25, 0.3) is 5.69 Å². The molecule has 0 fully saturated rings. The van der Waals surface area contributed by atoms with Crippen LogP contribution in [-0.4, -0.2) is 15.7 Å². The molecule has 1 heterocycles. The number of amides is 1. The van der Waals surface area contributed by atoms with Gasteiger partial charge in [0, 0.05) is 6.20 Å². The maximum atomic E-state index is 11.0. The van der Waals surface area contributed by atoms with Crippen molar-refractivity contribution in [1.82, 2.24) is 9.78 Å². The Morgan fingerprint density at radius 3 is 2.82 bits per heavy atom. The molecule has 0 spiro atoms. The van der Waals surface area contributed by atoms with Crippen LogP contribution in [0, 0.1) is 11.3 Å². The summed E-state index contributed by atoms with van der Waals surface area (Å²) in [4.78, 5) is 11.0. The fourth-order valence-electron chi connectivity index (χ4n) is 1.43. The molecule has 0 saturated heterocycles. The molecule has 0 aliphatic rings. The maximum Gasteiger partial charge on any atom is 0.254 e. The normalized spacial score (nSPS) is 9.82. The molecule has 0 aliphatic carbocycles. The monoisotopic (exact) mass is 227 g/mol. The van der Waals surface area contributed by atoms with Crippen LogP contribution < -0.4 is 11.5 Å². The number of carbonyl (C=O) groups excluding carboxylic acids is 1. The van der Waals surface area contributed by atoms with Crippen LogP contribution in [0.3, 0.4) is 0 Å². The van der Waals surface area contributed by atoms with Crippen LogP contribution in [-0.2, 0) is 0 Å². The average Bonchev–Trinajstić information content (AvgIpc) is 2.71. The minimum absolute atomic E-state index is 0.0693. The Labute approximate surface area is 97.1 Å². The number of nitrogen functional groups attached to an aromatic ring is 1. The van der Waals surface area contributed by atoms with Gasteiger partial charge in [0.15, 0.2) is 5.82 Å². The number of nitrogens with zero attached hydrogens (tertiary/aromatic N) is 3. The van der Waals surface area contributed by atoms with Crippen LogP contribution in [0.1, 0.15) is 15.9 Å². The van der Waals surface area contributed by atoms with Crippen molar-refractivity contribution in [3.05, 3.63) is 41.6 Å². The lowest BCUT2D eigenvalue weighted by Gasteiger charge is -2.00. The summed E-state index contributed by atoms with van der Waals surface area (Å²) in [5.41, 5.74) is 12.0. The van der Waals surface area contributed by atoms with Crippen molar-refractivity contribution in [2.24, 2.45) is 5.73 Å². The number of anilines is 1. The van der Waals surface area contributed by atoms with E-state index < -0.39 is 5.91 Å². The van der Waals surface area contributed by atoms with Gasteiger partial charge in [-0.1, -0.05) is 6.07 Å². The smallest absolute Gasteiger partial charge is 0.254 e. The molecule has 4 N–H and O–H groups in total. The van der Waals surface area contributed by atoms with Crippen LogP contribution in [0.5, 0.6) is 0 Å². The molecule has 6 nitrogen and oxygen atoms in total. The van der Waals surface area contributed by atoms with Gasteiger partial charge in [0.25, 0.3) is 5.91 Å². The van der Waals surface area contributed by atoms with E-state index in [0.29, 0.717) is 11.3 Å². The number of carbonyl (C=O) groups is 1. The Bertz CT molecular complexity index is 623. The summed E-state index contributed by atoms with van der Waals surface area (Å²) in [6, 6.07) is 8.79. The first kappa shape index (κ1) is 10.7. The van der Waals surface area contributed by atoms with Gasteiger partial charge < -0.3 is 11.5 Å². The largest absolute Gasteiger partial charge is 0.382 e. The molecule has 1 aromatic heterocycles. The predicted molar refractivity (Wildman–Crippen MR) is 61.2 cm³/mol. The number of rotatable bonds is 2. The van der Waals surface area contributed by atoms with Gasteiger partial charge in [-0.2, -0.15) is 5.26 Å². The first-order valence-corrected chi connectivity index (χ1v) is 4.77. The molecular formula is C11H9N5O. The van der Waals surface area contributed by atoms with E-state index in [4.69, 9.17) is 16.7 Å². The van der Waals surface area contributed by atoms with E-state index in [0.717, 1.165) is 0 Å². The molecule has 17 heavy (non-hydrogen) atoms. The summed E-state index contributed by atoms with van der Waals surface area (Å²) in [6.45, 7) is 0. The van der Waals surface area contributed by atoms with E-state index in [9.17, 15) is 4.79 Å². The van der Waals surface area contributed by atoms with E-state index in [1.54, 1.807) is 24.3 Å². The highest BCUT2D eigenvalue weighted by atomic mass is 16.1. The first-order valence-electron chi connectivity index (χ1n) is 4.77. The van der Waals surface area contributed by atoms with Crippen LogP contribution in [0.15, 0.2) is 30.5 Å². The van der Waals surface area contributed by atoms with E-state index in [1.165, 1.54) is 10.9 Å². The molecule has 0 radical (unpaired) electrons. The van der Waals surface area contributed by atoms with Crippen molar-refractivity contribution in [3.63, 3.8) is 0 Å². The zero-order valence-corrected chi connectivity index (χ0v) is 8.79. The third-order valence-electron chi connectivity index (χ3n) is 2.25. The summed E-state index contributed by atoms with van der Waals surface area (Å²) in [6.07, 6.45) is 1.44. The first-order chi connectivity index (χ1) is 8.11. The van der Waals surface area contributed by atoms with Gasteiger partial charge in [-0.05, 0) is 18.2 Å². The van der Waals surface area contributed by atoms with E-state index in [1.807, 2.05) is 6.07 Å². The second kappa shape index (κ2) is 3.98. The van der Waals surface area contributed by atoms with E-state index in [2.05, 4.69) is 5.10 Å². The molecule has 1 amide bonds. The molecule has 0 aliphatic heterocycles. The molecule has 1 aromatic carbocycles. The predicted octanol–water partition coefficient (Wildman–Crippen LogP) is 0.425. The average molecular weight is 227 g/mol.